The van der Waals surface area contributed by atoms with Crippen molar-refractivity contribution in [1.29, 1.82) is 0 Å². The van der Waals surface area contributed by atoms with Crippen LogP contribution in [0.5, 0.6) is 0 Å². The SMILES string of the molecule is Cn1c(-c2ccccc2)cnc1SCC(=O)Nc1cc(C(C)(C)C)no1. The Labute approximate surface area is 157 Å². The summed E-state index contributed by atoms with van der Waals surface area (Å²) in [7, 11) is 1.95. The number of amides is 1. The van der Waals surface area contributed by atoms with Gasteiger partial charge in [-0.2, -0.15) is 0 Å². The third-order valence-electron chi connectivity index (χ3n) is 3.89. The molecule has 6 nitrogen and oxygen atoms in total. The first-order valence-corrected chi connectivity index (χ1v) is 9.30. The van der Waals surface area contributed by atoms with Gasteiger partial charge in [-0.3, -0.25) is 10.1 Å². The van der Waals surface area contributed by atoms with Crippen molar-refractivity contribution in [1.82, 2.24) is 14.7 Å². The molecular weight excluding hydrogens is 348 g/mol. The van der Waals surface area contributed by atoms with Gasteiger partial charge in [0.2, 0.25) is 11.8 Å². The number of hydrogen-bond donors (Lipinski definition) is 1. The Morgan fingerprint density at radius 2 is 2.00 bits per heavy atom. The molecule has 2 heterocycles. The number of carbonyl (C=O) groups excluding carboxylic acids is 1. The summed E-state index contributed by atoms with van der Waals surface area (Å²) in [4.78, 5) is 16.6. The summed E-state index contributed by atoms with van der Waals surface area (Å²) in [6, 6.07) is 11.8. The summed E-state index contributed by atoms with van der Waals surface area (Å²) in [5.41, 5.74) is 2.79. The number of rotatable bonds is 5. The summed E-state index contributed by atoms with van der Waals surface area (Å²) >= 11 is 1.38. The smallest absolute Gasteiger partial charge is 0.237 e. The van der Waals surface area contributed by atoms with Crippen molar-refractivity contribution in [2.24, 2.45) is 7.05 Å². The Morgan fingerprint density at radius 3 is 2.65 bits per heavy atom. The minimum Gasteiger partial charge on any atom is -0.338 e. The number of anilines is 1. The molecule has 0 fully saturated rings. The lowest BCUT2D eigenvalue weighted by Gasteiger charge is -2.12. The Morgan fingerprint density at radius 1 is 1.27 bits per heavy atom. The van der Waals surface area contributed by atoms with Crippen LogP contribution in [-0.2, 0) is 17.3 Å². The predicted molar refractivity (Wildman–Crippen MR) is 103 cm³/mol. The molecule has 1 amide bonds. The van der Waals surface area contributed by atoms with Gasteiger partial charge in [-0.05, 0) is 5.56 Å². The van der Waals surface area contributed by atoms with E-state index < -0.39 is 0 Å². The first-order valence-electron chi connectivity index (χ1n) is 8.31. The third kappa shape index (κ3) is 4.16. The van der Waals surface area contributed by atoms with E-state index >= 15 is 0 Å². The molecule has 0 saturated carbocycles. The van der Waals surface area contributed by atoms with Gasteiger partial charge < -0.3 is 9.09 Å². The maximum Gasteiger partial charge on any atom is 0.237 e. The van der Waals surface area contributed by atoms with E-state index in [1.54, 1.807) is 6.07 Å². The molecule has 0 atom stereocenters. The minimum atomic E-state index is -0.157. The van der Waals surface area contributed by atoms with Crippen molar-refractivity contribution < 1.29 is 9.32 Å². The minimum absolute atomic E-state index is 0.123. The number of benzene rings is 1. The zero-order valence-electron chi connectivity index (χ0n) is 15.3. The van der Waals surface area contributed by atoms with E-state index in [1.165, 1.54) is 11.8 Å². The van der Waals surface area contributed by atoms with Gasteiger partial charge in [0.25, 0.3) is 0 Å². The molecule has 136 valence electrons. The van der Waals surface area contributed by atoms with Crippen molar-refractivity contribution in [2.45, 2.75) is 31.3 Å². The van der Waals surface area contributed by atoms with E-state index in [2.05, 4.69) is 15.5 Å². The van der Waals surface area contributed by atoms with Crippen molar-refractivity contribution >= 4 is 23.6 Å². The Hall–Kier alpha value is -2.54. The third-order valence-corrected chi connectivity index (χ3v) is 4.93. The van der Waals surface area contributed by atoms with E-state index in [0.717, 1.165) is 22.1 Å². The second-order valence-corrected chi connectivity index (χ2v) is 7.96. The van der Waals surface area contributed by atoms with Crippen molar-refractivity contribution in [2.75, 3.05) is 11.1 Å². The maximum atomic E-state index is 12.2. The molecule has 0 aliphatic rings. The molecule has 0 aliphatic carbocycles. The lowest BCUT2D eigenvalue weighted by atomic mass is 9.92. The van der Waals surface area contributed by atoms with Gasteiger partial charge in [0.05, 0.1) is 23.3 Å². The summed E-state index contributed by atoms with van der Waals surface area (Å²) in [5.74, 6) is 0.450. The van der Waals surface area contributed by atoms with E-state index in [1.807, 2.05) is 68.9 Å². The summed E-state index contributed by atoms with van der Waals surface area (Å²) in [5, 5.41) is 7.52. The fraction of sp³-hybridized carbons (Fsp3) is 0.316. The number of imidazole rings is 1. The van der Waals surface area contributed by atoms with Crippen molar-refractivity contribution in [3.8, 4) is 11.3 Å². The van der Waals surface area contributed by atoms with E-state index in [4.69, 9.17) is 4.52 Å². The Bertz CT molecular complexity index is 894. The highest BCUT2D eigenvalue weighted by Gasteiger charge is 2.20. The molecule has 3 aromatic rings. The average molecular weight is 370 g/mol. The quantitative estimate of drug-likeness (QED) is 0.685. The van der Waals surface area contributed by atoms with Crippen molar-refractivity contribution in [3.63, 3.8) is 0 Å². The zero-order valence-corrected chi connectivity index (χ0v) is 16.1. The number of thioether (sulfide) groups is 1. The van der Waals surface area contributed by atoms with E-state index in [9.17, 15) is 4.79 Å². The summed E-state index contributed by atoms with van der Waals surface area (Å²) < 4.78 is 7.17. The van der Waals surface area contributed by atoms with E-state index in [-0.39, 0.29) is 17.1 Å². The Balaban J connectivity index is 1.60. The molecule has 1 N–H and O–H groups in total. The van der Waals surface area contributed by atoms with Crippen LogP contribution in [0.3, 0.4) is 0 Å². The van der Waals surface area contributed by atoms with Gasteiger partial charge in [0.1, 0.15) is 0 Å². The van der Waals surface area contributed by atoms with Crippen LogP contribution in [0, 0.1) is 0 Å². The van der Waals surface area contributed by atoms with Crippen LogP contribution in [0.25, 0.3) is 11.3 Å². The molecule has 0 bridgehead atoms. The fourth-order valence-electron chi connectivity index (χ4n) is 2.39. The first kappa shape index (κ1) is 18.3. The van der Waals surface area contributed by atoms with Gasteiger partial charge in [-0.15, -0.1) is 0 Å². The number of carbonyl (C=O) groups is 1. The van der Waals surface area contributed by atoms with Gasteiger partial charge in [0.15, 0.2) is 5.16 Å². The molecule has 0 aliphatic heterocycles. The second kappa shape index (κ2) is 7.37. The molecule has 3 rings (SSSR count). The highest BCUT2D eigenvalue weighted by molar-refractivity contribution is 7.99. The van der Waals surface area contributed by atoms with Crippen LogP contribution in [0.4, 0.5) is 5.88 Å². The summed E-state index contributed by atoms with van der Waals surface area (Å²) in [6.07, 6.45) is 1.82. The first-order chi connectivity index (χ1) is 12.3. The molecule has 0 spiro atoms. The van der Waals surface area contributed by atoms with Gasteiger partial charge in [0, 0.05) is 18.5 Å². The maximum absolute atomic E-state index is 12.2. The lowest BCUT2D eigenvalue weighted by Crippen LogP contribution is -2.14. The molecule has 26 heavy (non-hydrogen) atoms. The highest BCUT2D eigenvalue weighted by atomic mass is 32.2. The monoisotopic (exact) mass is 370 g/mol. The largest absolute Gasteiger partial charge is 0.338 e. The molecule has 2 aromatic heterocycles. The summed E-state index contributed by atoms with van der Waals surface area (Å²) in [6.45, 7) is 6.12. The van der Waals surface area contributed by atoms with Crippen LogP contribution in [0.1, 0.15) is 26.5 Å². The van der Waals surface area contributed by atoms with Crippen LogP contribution >= 0.6 is 11.8 Å². The Kier molecular flexibility index (Phi) is 5.18. The highest BCUT2D eigenvalue weighted by Crippen LogP contribution is 2.26. The number of nitrogens with zero attached hydrogens (tertiary/aromatic N) is 3. The molecule has 7 heteroatoms. The van der Waals surface area contributed by atoms with Crippen LogP contribution in [-0.4, -0.2) is 26.4 Å². The number of aromatic nitrogens is 3. The number of hydrogen-bond acceptors (Lipinski definition) is 5. The topological polar surface area (TPSA) is 73.0 Å². The molecule has 0 saturated heterocycles. The molecule has 0 unspecified atom stereocenters. The molecular formula is C19H22N4O2S. The van der Waals surface area contributed by atoms with E-state index in [0.29, 0.717) is 5.88 Å². The average Bonchev–Trinajstić information content (AvgIpc) is 3.20. The fourth-order valence-corrected chi connectivity index (χ4v) is 3.15. The zero-order chi connectivity index (χ0) is 18.7. The van der Waals surface area contributed by atoms with Crippen molar-refractivity contribution in [3.05, 3.63) is 48.3 Å². The van der Waals surface area contributed by atoms with Gasteiger partial charge in [-0.25, -0.2) is 4.98 Å². The van der Waals surface area contributed by atoms with Gasteiger partial charge in [-0.1, -0.05) is 68.0 Å². The van der Waals surface area contributed by atoms with Crippen LogP contribution in [0.2, 0.25) is 0 Å². The normalized spacial score (nSPS) is 11.5. The van der Waals surface area contributed by atoms with Crippen LogP contribution < -0.4 is 5.32 Å². The predicted octanol–water partition coefficient (Wildman–Crippen LogP) is 4.10. The standard InChI is InChI=1S/C19H22N4O2S/c1-19(2,3)15-10-17(25-22-15)21-16(24)12-26-18-20-11-14(23(18)4)13-8-6-5-7-9-13/h5-11H,12H2,1-4H3,(H,21,24). The van der Waals surface area contributed by atoms with Gasteiger partial charge >= 0.3 is 0 Å². The molecule has 1 aromatic carbocycles. The second-order valence-electron chi connectivity index (χ2n) is 7.01. The number of nitrogens with one attached hydrogen (secondary N) is 1. The molecule has 0 radical (unpaired) electrons. The lowest BCUT2D eigenvalue weighted by molar-refractivity contribution is -0.113. The van der Waals surface area contributed by atoms with Crippen LogP contribution in [0.15, 0.2) is 52.3 Å².